The minimum Gasteiger partial charge on any atom is -0.361 e. The van der Waals surface area contributed by atoms with Gasteiger partial charge in [0, 0.05) is 45.5 Å². The van der Waals surface area contributed by atoms with E-state index >= 15 is 0 Å². The number of carbonyl (C=O) groups is 1. The molecule has 0 saturated carbocycles. The number of hydrogen-bond donors (Lipinski definition) is 1. The molecule has 2 aromatic heterocycles. The maximum Gasteiger partial charge on any atom is 0.242 e. The summed E-state index contributed by atoms with van der Waals surface area (Å²) in [7, 11) is 4.04. The summed E-state index contributed by atoms with van der Waals surface area (Å²) in [5.74, 6) is 1.39. The van der Waals surface area contributed by atoms with Crippen molar-refractivity contribution in [3.05, 3.63) is 30.2 Å². The van der Waals surface area contributed by atoms with Crippen LogP contribution in [0.1, 0.15) is 38.3 Å². The normalized spacial score (nSPS) is 16.6. The number of nitrogens with two attached hydrogens (primary N) is 1. The third-order valence-electron chi connectivity index (χ3n) is 4.69. The molecule has 0 unspecified atom stereocenters. The van der Waals surface area contributed by atoms with Gasteiger partial charge >= 0.3 is 0 Å². The Kier molecular flexibility index (Phi) is 4.25. The topological polar surface area (TPSA) is 66.9 Å². The summed E-state index contributed by atoms with van der Waals surface area (Å²) >= 11 is 0. The van der Waals surface area contributed by atoms with Crippen molar-refractivity contribution in [3.8, 4) is 0 Å². The van der Waals surface area contributed by atoms with Crippen LogP contribution in [-0.4, -0.2) is 52.9 Å². The minimum atomic E-state index is -0.798. The second-order valence-corrected chi connectivity index (χ2v) is 7.47. The zero-order valence-corrected chi connectivity index (χ0v) is 15.0. The molecule has 0 aliphatic carbocycles. The van der Waals surface area contributed by atoms with Crippen molar-refractivity contribution in [2.45, 2.75) is 38.1 Å². The van der Waals surface area contributed by atoms with Gasteiger partial charge in [-0.3, -0.25) is 4.79 Å². The first-order valence-corrected chi connectivity index (χ1v) is 8.50. The molecule has 1 aliphatic heterocycles. The Labute approximate surface area is 143 Å². The molecule has 6 nitrogen and oxygen atoms in total. The number of rotatable bonds is 3. The lowest BCUT2D eigenvalue weighted by Gasteiger charge is -2.35. The summed E-state index contributed by atoms with van der Waals surface area (Å²) in [6.45, 7) is 5.03. The van der Waals surface area contributed by atoms with Gasteiger partial charge in [0.2, 0.25) is 5.91 Å². The largest absolute Gasteiger partial charge is 0.361 e. The van der Waals surface area contributed by atoms with Crippen molar-refractivity contribution >= 4 is 17.2 Å². The van der Waals surface area contributed by atoms with Gasteiger partial charge in [0.1, 0.15) is 0 Å². The minimum absolute atomic E-state index is 0.0313. The lowest BCUT2D eigenvalue weighted by Crippen LogP contribution is -2.53. The molecule has 130 valence electrons. The molecule has 3 heterocycles. The van der Waals surface area contributed by atoms with E-state index in [1.165, 1.54) is 0 Å². The van der Waals surface area contributed by atoms with Gasteiger partial charge in [-0.1, -0.05) is 0 Å². The molecular formula is C18H27N5O. The van der Waals surface area contributed by atoms with E-state index in [4.69, 9.17) is 10.7 Å². The third-order valence-corrected chi connectivity index (χ3v) is 4.69. The summed E-state index contributed by atoms with van der Waals surface area (Å²) in [4.78, 5) is 21.1. The van der Waals surface area contributed by atoms with Gasteiger partial charge in [-0.2, -0.15) is 0 Å². The fourth-order valence-electron chi connectivity index (χ4n) is 3.36. The molecule has 6 heteroatoms. The van der Waals surface area contributed by atoms with Crippen molar-refractivity contribution in [3.63, 3.8) is 0 Å². The summed E-state index contributed by atoms with van der Waals surface area (Å²) in [6, 6.07) is 4.12. The van der Waals surface area contributed by atoms with E-state index in [-0.39, 0.29) is 5.91 Å². The van der Waals surface area contributed by atoms with Gasteiger partial charge in [0.15, 0.2) is 5.82 Å². The number of nitrogens with zero attached hydrogens (tertiary/aromatic N) is 4. The highest BCUT2D eigenvalue weighted by molar-refractivity contribution is 5.85. The maximum absolute atomic E-state index is 12.3. The zero-order chi connectivity index (χ0) is 17.5. The predicted octanol–water partition coefficient (Wildman–Crippen LogP) is 1.84. The Morgan fingerprint density at radius 3 is 2.58 bits per heavy atom. The van der Waals surface area contributed by atoms with Crippen LogP contribution in [0.15, 0.2) is 24.5 Å². The summed E-state index contributed by atoms with van der Waals surface area (Å²) in [5, 5.41) is 0. The van der Waals surface area contributed by atoms with Gasteiger partial charge in [0.05, 0.1) is 16.7 Å². The fourth-order valence-corrected chi connectivity index (χ4v) is 3.36. The average molecular weight is 329 g/mol. The van der Waals surface area contributed by atoms with Crippen LogP contribution in [0.3, 0.4) is 0 Å². The Balaban J connectivity index is 1.80. The Bertz CT molecular complexity index is 735. The second-order valence-electron chi connectivity index (χ2n) is 7.47. The van der Waals surface area contributed by atoms with Crippen molar-refractivity contribution < 1.29 is 4.79 Å². The molecule has 24 heavy (non-hydrogen) atoms. The van der Waals surface area contributed by atoms with Gasteiger partial charge in [-0.15, -0.1) is 0 Å². The number of fused-ring (bicyclic) bond motifs is 1. The molecule has 0 aromatic carbocycles. The maximum atomic E-state index is 12.3. The standard InChI is InChI=1S/C18H27N5O/c1-18(2,19)17(24)22-10-7-13(8-11-22)14-12-23-9-5-6-15(23)16(20-14)21(3)4/h5-6,9,12-13H,7-8,10-11,19H2,1-4H3. The number of likely N-dealkylation sites (tertiary alicyclic amines) is 1. The molecule has 0 spiro atoms. The van der Waals surface area contributed by atoms with Crippen LogP contribution in [0.2, 0.25) is 0 Å². The lowest BCUT2D eigenvalue weighted by atomic mass is 9.92. The first kappa shape index (κ1) is 16.8. The van der Waals surface area contributed by atoms with E-state index in [1.807, 2.05) is 25.1 Å². The Morgan fingerprint density at radius 2 is 2.00 bits per heavy atom. The summed E-state index contributed by atoms with van der Waals surface area (Å²) in [6.07, 6.45) is 6.03. The Hall–Kier alpha value is -2.08. The molecular weight excluding hydrogens is 302 g/mol. The van der Waals surface area contributed by atoms with Gasteiger partial charge < -0.3 is 19.9 Å². The molecule has 1 amide bonds. The number of aromatic nitrogens is 2. The molecule has 0 atom stereocenters. The van der Waals surface area contributed by atoms with Gasteiger partial charge in [0.25, 0.3) is 0 Å². The van der Waals surface area contributed by atoms with Crippen molar-refractivity contribution in [1.29, 1.82) is 0 Å². The highest BCUT2D eigenvalue weighted by Crippen LogP contribution is 2.30. The van der Waals surface area contributed by atoms with Crippen molar-refractivity contribution in [2.24, 2.45) is 5.73 Å². The number of anilines is 1. The van der Waals surface area contributed by atoms with Crippen LogP contribution in [0, 0.1) is 0 Å². The first-order chi connectivity index (χ1) is 11.3. The zero-order valence-electron chi connectivity index (χ0n) is 15.0. The quantitative estimate of drug-likeness (QED) is 0.933. The molecule has 3 rings (SSSR count). The number of hydrogen-bond acceptors (Lipinski definition) is 4. The monoisotopic (exact) mass is 329 g/mol. The van der Waals surface area contributed by atoms with Gasteiger partial charge in [-0.25, -0.2) is 4.98 Å². The molecule has 1 aliphatic rings. The summed E-state index contributed by atoms with van der Waals surface area (Å²) < 4.78 is 2.14. The molecule has 0 radical (unpaired) electrons. The highest BCUT2D eigenvalue weighted by atomic mass is 16.2. The van der Waals surface area contributed by atoms with Crippen molar-refractivity contribution in [1.82, 2.24) is 14.3 Å². The van der Waals surface area contributed by atoms with Crippen molar-refractivity contribution in [2.75, 3.05) is 32.1 Å². The highest BCUT2D eigenvalue weighted by Gasteiger charge is 2.31. The Morgan fingerprint density at radius 1 is 1.33 bits per heavy atom. The average Bonchev–Trinajstić information content (AvgIpc) is 3.00. The fraction of sp³-hybridized carbons (Fsp3) is 0.556. The van der Waals surface area contributed by atoms with Crippen LogP contribution in [0.25, 0.3) is 5.52 Å². The van der Waals surface area contributed by atoms with Crippen LogP contribution in [0.4, 0.5) is 5.82 Å². The third kappa shape index (κ3) is 3.11. The van der Waals surface area contributed by atoms with E-state index in [1.54, 1.807) is 13.8 Å². The van der Waals surface area contributed by atoms with E-state index in [0.717, 1.165) is 43.0 Å². The summed E-state index contributed by atoms with van der Waals surface area (Å²) in [5.41, 5.74) is 7.36. The molecule has 1 fully saturated rings. The van der Waals surface area contributed by atoms with Gasteiger partial charge in [-0.05, 0) is 38.8 Å². The van der Waals surface area contributed by atoms with E-state index in [2.05, 4.69) is 27.8 Å². The SMILES string of the molecule is CN(C)c1nc(C2CCN(C(=O)C(C)(C)N)CC2)cn2cccc12. The van der Waals surface area contributed by atoms with Crippen LogP contribution in [0.5, 0.6) is 0 Å². The van der Waals surface area contributed by atoms with Crippen LogP contribution in [-0.2, 0) is 4.79 Å². The predicted molar refractivity (Wildman–Crippen MR) is 96.3 cm³/mol. The number of piperidine rings is 1. The number of carbonyl (C=O) groups excluding carboxylic acids is 1. The van der Waals surface area contributed by atoms with Crippen LogP contribution < -0.4 is 10.6 Å². The lowest BCUT2D eigenvalue weighted by molar-refractivity contribution is -0.136. The van der Waals surface area contributed by atoms with E-state index in [0.29, 0.717) is 5.92 Å². The molecule has 0 bridgehead atoms. The number of amides is 1. The molecule has 1 saturated heterocycles. The van der Waals surface area contributed by atoms with E-state index < -0.39 is 5.54 Å². The first-order valence-electron chi connectivity index (χ1n) is 8.50. The van der Waals surface area contributed by atoms with E-state index in [9.17, 15) is 4.79 Å². The molecule has 2 aromatic rings. The smallest absolute Gasteiger partial charge is 0.242 e. The van der Waals surface area contributed by atoms with Crippen LogP contribution >= 0.6 is 0 Å². The molecule has 2 N–H and O–H groups in total. The second kappa shape index (κ2) is 6.09.